The molecule has 0 spiro atoms. The van der Waals surface area contributed by atoms with Crippen molar-refractivity contribution in [1.82, 2.24) is 4.90 Å². The van der Waals surface area contributed by atoms with E-state index >= 15 is 0 Å². The number of halogens is 2. The fraction of sp³-hybridized carbons (Fsp3) is 0.238. The first kappa shape index (κ1) is 17.4. The summed E-state index contributed by atoms with van der Waals surface area (Å²) in [5.41, 5.74) is 1.23. The lowest BCUT2D eigenvalue weighted by Crippen LogP contribution is -2.37. The molecule has 2 aromatic carbocycles. The van der Waals surface area contributed by atoms with E-state index in [2.05, 4.69) is 0 Å². The van der Waals surface area contributed by atoms with Gasteiger partial charge in [0.1, 0.15) is 17.3 Å². The number of piperidine rings is 1. The Hall–Kier alpha value is -3.02. The predicted octanol–water partition coefficient (Wildman–Crippen LogP) is 3.74. The van der Waals surface area contributed by atoms with Gasteiger partial charge in [-0.3, -0.25) is 9.59 Å². The first-order valence-corrected chi connectivity index (χ1v) is 8.96. The molecule has 2 aliphatic rings. The number of carbonyl (C=O) groups excluding carboxylic acids is 2. The molecule has 0 aromatic heterocycles. The molecule has 4 nitrogen and oxygen atoms in total. The quantitative estimate of drug-likeness (QED) is 0.775. The van der Waals surface area contributed by atoms with Gasteiger partial charge < -0.3 is 4.90 Å². The molecule has 2 heterocycles. The summed E-state index contributed by atoms with van der Waals surface area (Å²) in [5.74, 6) is -1.93. The van der Waals surface area contributed by atoms with E-state index in [0.717, 1.165) is 30.2 Å². The third-order valence-electron chi connectivity index (χ3n) is 4.93. The summed E-state index contributed by atoms with van der Waals surface area (Å²) < 4.78 is 27.0. The maximum absolute atomic E-state index is 13.7. The SMILES string of the molecule is O=C1C(c2ccc(F)cc2)=C(N2CCCCC2)C(=O)N1c1cccc(F)c1. The van der Waals surface area contributed by atoms with Crippen LogP contribution in [0, 0.1) is 11.6 Å². The molecule has 0 N–H and O–H groups in total. The number of benzene rings is 2. The van der Waals surface area contributed by atoms with Gasteiger partial charge in [0.25, 0.3) is 11.8 Å². The zero-order valence-electron chi connectivity index (χ0n) is 14.6. The van der Waals surface area contributed by atoms with Crippen LogP contribution >= 0.6 is 0 Å². The van der Waals surface area contributed by atoms with Gasteiger partial charge in [-0.1, -0.05) is 18.2 Å². The number of hydrogen-bond donors (Lipinski definition) is 0. The molecule has 4 rings (SSSR count). The standard InChI is InChI=1S/C21H18F2N2O2/c22-15-9-7-14(8-10-15)18-19(24-11-2-1-3-12-24)21(27)25(20(18)26)17-6-4-5-16(23)13-17/h4-10,13H,1-3,11-12H2. The lowest BCUT2D eigenvalue weighted by Gasteiger charge is -2.29. The molecule has 0 aliphatic carbocycles. The highest BCUT2D eigenvalue weighted by Gasteiger charge is 2.42. The molecule has 6 heteroatoms. The fourth-order valence-corrected chi connectivity index (χ4v) is 3.66. The van der Waals surface area contributed by atoms with Crippen LogP contribution in [0.5, 0.6) is 0 Å². The summed E-state index contributed by atoms with van der Waals surface area (Å²) in [6.45, 7) is 1.35. The van der Waals surface area contributed by atoms with E-state index in [9.17, 15) is 18.4 Å². The summed E-state index contributed by atoms with van der Waals surface area (Å²) in [5, 5.41) is 0. The highest BCUT2D eigenvalue weighted by Crippen LogP contribution is 2.36. The minimum atomic E-state index is -0.525. The summed E-state index contributed by atoms with van der Waals surface area (Å²) in [6.07, 6.45) is 2.94. The summed E-state index contributed by atoms with van der Waals surface area (Å²) in [7, 11) is 0. The minimum absolute atomic E-state index is 0.191. The first-order chi connectivity index (χ1) is 13.1. The maximum Gasteiger partial charge on any atom is 0.282 e. The maximum atomic E-state index is 13.7. The molecule has 138 valence electrons. The Balaban J connectivity index is 1.83. The molecular formula is C21H18F2N2O2. The van der Waals surface area contributed by atoms with Crippen LogP contribution in [-0.4, -0.2) is 29.8 Å². The van der Waals surface area contributed by atoms with Crippen LogP contribution in [-0.2, 0) is 9.59 Å². The zero-order valence-corrected chi connectivity index (χ0v) is 14.6. The molecule has 2 aromatic rings. The van der Waals surface area contributed by atoms with Gasteiger partial charge in [0.2, 0.25) is 0 Å². The number of hydrogen-bond acceptors (Lipinski definition) is 3. The average molecular weight is 368 g/mol. The normalized spacial score (nSPS) is 17.9. The monoisotopic (exact) mass is 368 g/mol. The van der Waals surface area contributed by atoms with Gasteiger partial charge in [0.05, 0.1) is 11.3 Å². The van der Waals surface area contributed by atoms with Crippen LogP contribution in [0.1, 0.15) is 24.8 Å². The molecule has 2 aliphatic heterocycles. The van der Waals surface area contributed by atoms with Gasteiger partial charge in [0, 0.05) is 13.1 Å². The number of anilines is 1. The molecule has 0 saturated carbocycles. The summed E-state index contributed by atoms with van der Waals surface area (Å²) in [6, 6.07) is 10.9. The second kappa shape index (κ2) is 6.95. The topological polar surface area (TPSA) is 40.6 Å². The van der Waals surface area contributed by atoms with E-state index in [-0.39, 0.29) is 11.3 Å². The number of carbonyl (C=O) groups is 2. The lowest BCUT2D eigenvalue weighted by atomic mass is 10.0. The van der Waals surface area contributed by atoms with Crippen LogP contribution in [0.15, 0.2) is 54.2 Å². The molecule has 0 radical (unpaired) electrons. The Bertz CT molecular complexity index is 931. The molecule has 27 heavy (non-hydrogen) atoms. The van der Waals surface area contributed by atoms with Crippen molar-refractivity contribution in [2.24, 2.45) is 0 Å². The van der Waals surface area contributed by atoms with E-state index in [4.69, 9.17) is 0 Å². The van der Waals surface area contributed by atoms with Crippen molar-refractivity contribution >= 4 is 23.1 Å². The Morgan fingerprint density at radius 2 is 1.48 bits per heavy atom. The Kier molecular flexibility index (Phi) is 4.48. The van der Waals surface area contributed by atoms with E-state index < -0.39 is 23.4 Å². The van der Waals surface area contributed by atoms with Crippen LogP contribution in [0.25, 0.3) is 5.57 Å². The van der Waals surface area contributed by atoms with Gasteiger partial charge in [-0.25, -0.2) is 13.7 Å². The third kappa shape index (κ3) is 3.12. The number of nitrogens with zero attached hydrogens (tertiary/aromatic N) is 2. The van der Waals surface area contributed by atoms with Crippen molar-refractivity contribution in [3.8, 4) is 0 Å². The highest BCUT2D eigenvalue weighted by atomic mass is 19.1. The Labute approximate surface area is 155 Å². The summed E-state index contributed by atoms with van der Waals surface area (Å²) >= 11 is 0. The van der Waals surface area contributed by atoms with E-state index in [1.54, 1.807) is 0 Å². The van der Waals surface area contributed by atoms with Crippen LogP contribution < -0.4 is 4.90 Å². The van der Waals surface area contributed by atoms with Crippen molar-refractivity contribution < 1.29 is 18.4 Å². The Morgan fingerprint density at radius 1 is 0.778 bits per heavy atom. The van der Waals surface area contributed by atoms with Gasteiger partial charge in [-0.2, -0.15) is 0 Å². The van der Waals surface area contributed by atoms with Gasteiger partial charge in [-0.05, 0) is 55.2 Å². The van der Waals surface area contributed by atoms with Gasteiger partial charge in [0.15, 0.2) is 0 Å². The molecule has 1 fully saturated rings. The van der Waals surface area contributed by atoms with Crippen molar-refractivity contribution in [3.63, 3.8) is 0 Å². The molecular weight excluding hydrogens is 350 g/mol. The Morgan fingerprint density at radius 3 is 2.15 bits per heavy atom. The van der Waals surface area contributed by atoms with Crippen LogP contribution in [0.3, 0.4) is 0 Å². The van der Waals surface area contributed by atoms with E-state index in [1.165, 1.54) is 42.5 Å². The van der Waals surface area contributed by atoms with E-state index in [1.807, 2.05) is 4.90 Å². The minimum Gasteiger partial charge on any atom is -0.366 e. The highest BCUT2D eigenvalue weighted by molar-refractivity contribution is 6.45. The lowest BCUT2D eigenvalue weighted by molar-refractivity contribution is -0.120. The van der Waals surface area contributed by atoms with Gasteiger partial charge in [-0.15, -0.1) is 0 Å². The smallest absolute Gasteiger partial charge is 0.282 e. The van der Waals surface area contributed by atoms with Crippen molar-refractivity contribution in [2.45, 2.75) is 19.3 Å². The third-order valence-corrected chi connectivity index (χ3v) is 4.93. The average Bonchev–Trinajstić information content (AvgIpc) is 2.93. The van der Waals surface area contributed by atoms with Crippen molar-refractivity contribution in [1.29, 1.82) is 0 Å². The van der Waals surface area contributed by atoms with Crippen LogP contribution in [0.2, 0.25) is 0 Å². The predicted molar refractivity (Wildman–Crippen MR) is 97.6 cm³/mol. The molecule has 0 bridgehead atoms. The number of amides is 2. The van der Waals surface area contributed by atoms with Crippen molar-refractivity contribution in [3.05, 3.63) is 71.4 Å². The zero-order chi connectivity index (χ0) is 19.0. The second-order valence-corrected chi connectivity index (χ2v) is 6.70. The van der Waals surface area contributed by atoms with Gasteiger partial charge >= 0.3 is 0 Å². The number of rotatable bonds is 3. The fourth-order valence-electron chi connectivity index (χ4n) is 3.66. The summed E-state index contributed by atoms with van der Waals surface area (Å²) in [4.78, 5) is 29.3. The van der Waals surface area contributed by atoms with Crippen molar-refractivity contribution in [2.75, 3.05) is 18.0 Å². The molecule has 0 unspecified atom stereocenters. The molecule has 1 saturated heterocycles. The second-order valence-electron chi connectivity index (χ2n) is 6.70. The number of imide groups is 1. The van der Waals surface area contributed by atoms with E-state index in [0.29, 0.717) is 24.4 Å². The van der Waals surface area contributed by atoms with Crippen LogP contribution in [0.4, 0.5) is 14.5 Å². The largest absolute Gasteiger partial charge is 0.366 e. The molecule has 2 amide bonds. The molecule has 0 atom stereocenters. The number of likely N-dealkylation sites (tertiary alicyclic amines) is 1. The first-order valence-electron chi connectivity index (χ1n) is 8.96.